The number of esters is 1. The molecule has 21 heavy (non-hydrogen) atoms. The average molecular weight is 416 g/mol. The van der Waals surface area contributed by atoms with Crippen LogP contribution in [-0.4, -0.2) is 13.1 Å². The summed E-state index contributed by atoms with van der Waals surface area (Å²) in [4.78, 5) is 11.7. The average Bonchev–Trinajstić information content (AvgIpc) is 2.46. The second-order valence-corrected chi connectivity index (χ2v) is 5.22. The second kappa shape index (κ2) is 8.20. The third-order valence-electron chi connectivity index (χ3n) is 2.91. The highest BCUT2D eigenvalue weighted by atomic mass is 79.9. The van der Waals surface area contributed by atoms with Crippen LogP contribution in [0.2, 0.25) is 0 Å². The van der Waals surface area contributed by atoms with Gasteiger partial charge in [-0.15, -0.1) is 17.0 Å². The number of methoxy groups -OCH3 is 1. The topological polar surface area (TPSA) is 35.5 Å². The van der Waals surface area contributed by atoms with Crippen LogP contribution in [0.4, 0.5) is 0 Å². The van der Waals surface area contributed by atoms with Crippen LogP contribution in [0, 0.1) is 6.92 Å². The fourth-order valence-electron chi connectivity index (χ4n) is 1.81. The maximum absolute atomic E-state index is 11.7. The number of hydrogen-bond donors (Lipinski definition) is 0. The van der Waals surface area contributed by atoms with Gasteiger partial charge in [-0.25, -0.2) is 4.79 Å². The number of rotatable bonds is 4. The van der Waals surface area contributed by atoms with Gasteiger partial charge in [0, 0.05) is 4.47 Å². The van der Waals surface area contributed by atoms with Crippen molar-refractivity contribution >= 4 is 38.9 Å². The third-order valence-corrected chi connectivity index (χ3v) is 3.56. The summed E-state index contributed by atoms with van der Waals surface area (Å²) in [6.07, 6.45) is 0. The highest BCUT2D eigenvalue weighted by molar-refractivity contribution is 9.10. The molecule has 0 aromatic heterocycles. The second-order valence-electron chi connectivity index (χ2n) is 4.36. The van der Waals surface area contributed by atoms with Crippen LogP contribution in [0.3, 0.4) is 0 Å². The summed E-state index contributed by atoms with van der Waals surface area (Å²) in [7, 11) is 1.36. The van der Waals surface area contributed by atoms with E-state index < -0.39 is 0 Å². The molecule has 0 aliphatic rings. The normalized spacial score (nSPS) is 9.67. The number of carbonyl (C=O) groups excluding carboxylic acids is 1. The maximum atomic E-state index is 11.7. The van der Waals surface area contributed by atoms with Crippen molar-refractivity contribution in [3.05, 3.63) is 63.6 Å². The zero-order valence-electron chi connectivity index (χ0n) is 11.8. The van der Waals surface area contributed by atoms with E-state index >= 15 is 0 Å². The van der Waals surface area contributed by atoms with E-state index in [0.29, 0.717) is 22.4 Å². The minimum absolute atomic E-state index is 0. The van der Waals surface area contributed by atoms with E-state index in [1.54, 1.807) is 6.07 Å². The predicted octanol–water partition coefficient (Wildman–Crippen LogP) is 4.70. The van der Waals surface area contributed by atoms with Crippen LogP contribution in [0.1, 0.15) is 21.5 Å². The lowest BCUT2D eigenvalue weighted by molar-refractivity contribution is 0.0599. The zero-order valence-corrected chi connectivity index (χ0v) is 15.1. The first kappa shape index (κ1) is 17.7. The Morgan fingerprint density at radius 3 is 2.48 bits per heavy atom. The number of halogens is 2. The minimum Gasteiger partial charge on any atom is -0.489 e. The first-order valence-corrected chi connectivity index (χ1v) is 6.96. The van der Waals surface area contributed by atoms with Crippen molar-refractivity contribution in [3.8, 4) is 5.75 Å². The van der Waals surface area contributed by atoms with E-state index in [9.17, 15) is 4.79 Å². The molecular formula is C16H16Br2O3. The van der Waals surface area contributed by atoms with Gasteiger partial charge in [-0.3, -0.25) is 0 Å². The van der Waals surface area contributed by atoms with Crippen LogP contribution in [0.25, 0.3) is 0 Å². The van der Waals surface area contributed by atoms with Gasteiger partial charge in [0.15, 0.2) is 0 Å². The molecule has 0 spiro atoms. The SMILES string of the molecule is Br.COC(=O)c1cc(OCc2ccccc2)c(C)cc1Br. The van der Waals surface area contributed by atoms with Gasteiger partial charge < -0.3 is 9.47 Å². The molecule has 0 N–H and O–H groups in total. The molecular weight excluding hydrogens is 400 g/mol. The van der Waals surface area contributed by atoms with Crippen molar-refractivity contribution in [1.82, 2.24) is 0 Å². The van der Waals surface area contributed by atoms with Crippen molar-refractivity contribution in [2.75, 3.05) is 7.11 Å². The van der Waals surface area contributed by atoms with E-state index in [1.165, 1.54) is 7.11 Å². The molecule has 0 aliphatic heterocycles. The standard InChI is InChI=1S/C16H15BrO3.BrH/c1-11-8-14(17)13(16(18)19-2)9-15(11)20-10-12-6-4-3-5-7-12;/h3-9H,10H2,1-2H3;1H. The fraction of sp³-hybridized carbons (Fsp3) is 0.188. The van der Waals surface area contributed by atoms with Crippen molar-refractivity contribution in [3.63, 3.8) is 0 Å². The molecule has 5 heteroatoms. The summed E-state index contributed by atoms with van der Waals surface area (Å²) in [5, 5.41) is 0. The van der Waals surface area contributed by atoms with Gasteiger partial charge in [0.2, 0.25) is 0 Å². The molecule has 0 fully saturated rings. The minimum atomic E-state index is -0.388. The first-order chi connectivity index (χ1) is 9.61. The van der Waals surface area contributed by atoms with Crippen LogP contribution in [0.15, 0.2) is 46.9 Å². The molecule has 0 atom stereocenters. The molecule has 0 unspecified atom stereocenters. The van der Waals surface area contributed by atoms with Crippen molar-refractivity contribution in [1.29, 1.82) is 0 Å². The lowest BCUT2D eigenvalue weighted by Crippen LogP contribution is -2.04. The molecule has 3 nitrogen and oxygen atoms in total. The van der Waals surface area contributed by atoms with Crippen LogP contribution in [0.5, 0.6) is 5.75 Å². The molecule has 0 radical (unpaired) electrons. The number of ether oxygens (including phenoxy) is 2. The molecule has 0 bridgehead atoms. The zero-order chi connectivity index (χ0) is 14.5. The summed E-state index contributed by atoms with van der Waals surface area (Å²) in [5.74, 6) is 0.291. The summed E-state index contributed by atoms with van der Waals surface area (Å²) in [6.45, 7) is 2.40. The molecule has 0 saturated carbocycles. The number of aryl methyl sites for hydroxylation is 1. The first-order valence-electron chi connectivity index (χ1n) is 6.17. The van der Waals surface area contributed by atoms with E-state index in [4.69, 9.17) is 9.47 Å². The Morgan fingerprint density at radius 1 is 1.19 bits per heavy atom. The van der Waals surface area contributed by atoms with Crippen molar-refractivity contribution in [2.24, 2.45) is 0 Å². The Hall–Kier alpha value is -1.33. The Balaban J connectivity index is 0.00000220. The highest BCUT2D eigenvalue weighted by Gasteiger charge is 2.14. The lowest BCUT2D eigenvalue weighted by Gasteiger charge is -2.12. The Labute approximate surface area is 143 Å². The van der Waals surface area contributed by atoms with E-state index in [0.717, 1.165) is 11.1 Å². The maximum Gasteiger partial charge on any atom is 0.339 e. The Kier molecular flexibility index (Phi) is 6.92. The van der Waals surface area contributed by atoms with E-state index in [-0.39, 0.29) is 23.0 Å². The summed E-state index contributed by atoms with van der Waals surface area (Å²) in [6, 6.07) is 13.4. The largest absolute Gasteiger partial charge is 0.489 e. The Morgan fingerprint density at radius 2 is 1.86 bits per heavy atom. The number of hydrogen-bond acceptors (Lipinski definition) is 3. The van der Waals surface area contributed by atoms with E-state index in [1.807, 2.05) is 43.3 Å². The summed E-state index contributed by atoms with van der Waals surface area (Å²) < 4.78 is 11.2. The highest BCUT2D eigenvalue weighted by Crippen LogP contribution is 2.28. The fourth-order valence-corrected chi connectivity index (χ4v) is 2.43. The molecule has 0 saturated heterocycles. The van der Waals surface area contributed by atoms with Crippen molar-refractivity contribution < 1.29 is 14.3 Å². The molecule has 112 valence electrons. The monoisotopic (exact) mass is 414 g/mol. The van der Waals surface area contributed by atoms with Gasteiger partial charge in [0.1, 0.15) is 12.4 Å². The van der Waals surface area contributed by atoms with Gasteiger partial charge in [0.25, 0.3) is 0 Å². The third kappa shape index (κ3) is 4.58. The molecule has 2 aromatic rings. The summed E-state index contributed by atoms with van der Waals surface area (Å²) >= 11 is 3.36. The molecule has 0 heterocycles. The number of carbonyl (C=O) groups is 1. The quantitative estimate of drug-likeness (QED) is 0.678. The molecule has 0 amide bonds. The predicted molar refractivity (Wildman–Crippen MR) is 91.3 cm³/mol. The van der Waals surface area contributed by atoms with Gasteiger partial charge in [-0.05, 0) is 46.1 Å². The van der Waals surface area contributed by atoms with Crippen LogP contribution in [-0.2, 0) is 11.3 Å². The van der Waals surface area contributed by atoms with Crippen molar-refractivity contribution in [2.45, 2.75) is 13.5 Å². The van der Waals surface area contributed by atoms with Gasteiger partial charge in [-0.2, -0.15) is 0 Å². The number of benzene rings is 2. The smallest absolute Gasteiger partial charge is 0.339 e. The molecule has 0 aliphatic carbocycles. The van der Waals surface area contributed by atoms with Gasteiger partial charge >= 0.3 is 5.97 Å². The molecule has 2 rings (SSSR count). The lowest BCUT2D eigenvalue weighted by atomic mass is 10.1. The van der Waals surface area contributed by atoms with E-state index in [2.05, 4.69) is 15.9 Å². The van der Waals surface area contributed by atoms with Gasteiger partial charge in [-0.1, -0.05) is 30.3 Å². The molecule has 2 aromatic carbocycles. The van der Waals surface area contributed by atoms with Crippen LogP contribution >= 0.6 is 32.9 Å². The van der Waals surface area contributed by atoms with Gasteiger partial charge in [0.05, 0.1) is 12.7 Å². The Bertz CT molecular complexity index is 612. The summed E-state index contributed by atoms with van der Waals surface area (Å²) in [5.41, 5.74) is 2.50. The van der Waals surface area contributed by atoms with Crippen LogP contribution < -0.4 is 4.74 Å².